The molecule has 2 rings (SSSR count). The van der Waals surface area contributed by atoms with Gasteiger partial charge in [-0.15, -0.1) is 0 Å². The molecule has 0 aromatic heterocycles. The van der Waals surface area contributed by atoms with Crippen LogP contribution in [0.2, 0.25) is 0 Å². The predicted octanol–water partition coefficient (Wildman–Crippen LogP) is 1.37. The van der Waals surface area contributed by atoms with E-state index in [-0.39, 0.29) is 18.0 Å². The third kappa shape index (κ3) is 1.77. The first-order valence-electron chi connectivity index (χ1n) is 5.01. The Morgan fingerprint density at radius 3 is 3.00 bits per heavy atom. The average Bonchev–Trinajstić information content (AvgIpc) is 2.26. The summed E-state index contributed by atoms with van der Waals surface area (Å²) in [6.07, 6.45) is -0.101. The summed E-state index contributed by atoms with van der Waals surface area (Å²) in [4.78, 5) is 1.80. The van der Waals surface area contributed by atoms with Gasteiger partial charge in [0.05, 0.1) is 6.04 Å². The largest absolute Gasteiger partial charge is 0.487 e. The predicted molar refractivity (Wildman–Crippen MR) is 57.7 cm³/mol. The summed E-state index contributed by atoms with van der Waals surface area (Å²) in [7, 11) is 1.82. The summed E-state index contributed by atoms with van der Waals surface area (Å²) < 4.78 is 19.2. The van der Waals surface area contributed by atoms with Gasteiger partial charge in [-0.1, -0.05) is 6.07 Å². The molecule has 0 unspecified atom stereocenters. The molecule has 1 heterocycles. The molecular formula is C11H15FN2O. The van der Waals surface area contributed by atoms with Crippen LogP contribution in [-0.2, 0) is 0 Å². The Morgan fingerprint density at radius 2 is 2.27 bits per heavy atom. The molecule has 0 bridgehead atoms. The van der Waals surface area contributed by atoms with E-state index in [0.717, 1.165) is 0 Å². The smallest absolute Gasteiger partial charge is 0.150 e. The van der Waals surface area contributed by atoms with E-state index in [2.05, 4.69) is 0 Å². The van der Waals surface area contributed by atoms with Gasteiger partial charge in [0.2, 0.25) is 0 Å². The number of fused-ring (bicyclic) bond motifs is 1. The first kappa shape index (κ1) is 10.2. The highest BCUT2D eigenvalue weighted by Gasteiger charge is 2.25. The van der Waals surface area contributed by atoms with Gasteiger partial charge in [0.25, 0.3) is 0 Å². The minimum absolute atomic E-state index is 0.101. The van der Waals surface area contributed by atoms with Crippen molar-refractivity contribution in [3.8, 4) is 5.75 Å². The Balaban J connectivity index is 2.46. The Labute approximate surface area is 88.6 Å². The van der Waals surface area contributed by atoms with Crippen LogP contribution >= 0.6 is 0 Å². The number of anilines is 1. The first-order chi connectivity index (χ1) is 7.09. The molecule has 3 nitrogen and oxygen atoms in total. The van der Waals surface area contributed by atoms with Crippen molar-refractivity contribution in [3.05, 3.63) is 24.0 Å². The molecule has 15 heavy (non-hydrogen) atoms. The second-order valence-corrected chi connectivity index (χ2v) is 3.95. The molecule has 0 aliphatic carbocycles. The van der Waals surface area contributed by atoms with Gasteiger partial charge in [0, 0.05) is 13.6 Å². The van der Waals surface area contributed by atoms with Crippen molar-refractivity contribution in [2.24, 2.45) is 5.73 Å². The van der Waals surface area contributed by atoms with E-state index < -0.39 is 0 Å². The van der Waals surface area contributed by atoms with Gasteiger partial charge in [-0.2, -0.15) is 0 Å². The number of likely N-dealkylation sites (N-methyl/N-ethyl adjacent to an activating group) is 1. The first-order valence-corrected chi connectivity index (χ1v) is 5.01. The summed E-state index contributed by atoms with van der Waals surface area (Å²) in [5.41, 5.74) is 6.41. The van der Waals surface area contributed by atoms with E-state index >= 15 is 0 Å². The number of rotatable bonds is 0. The number of nitrogens with two attached hydrogens (primary N) is 1. The van der Waals surface area contributed by atoms with Crippen LogP contribution < -0.4 is 15.4 Å². The summed E-state index contributed by atoms with van der Waals surface area (Å²) in [6.45, 7) is 2.49. The van der Waals surface area contributed by atoms with Gasteiger partial charge in [-0.3, -0.25) is 0 Å². The second kappa shape index (κ2) is 3.70. The highest BCUT2D eigenvalue weighted by atomic mass is 19.1. The molecule has 0 saturated heterocycles. The van der Waals surface area contributed by atoms with Gasteiger partial charge in [-0.25, -0.2) is 4.39 Å². The van der Waals surface area contributed by atoms with Crippen molar-refractivity contribution in [1.82, 2.24) is 0 Å². The van der Waals surface area contributed by atoms with Crippen LogP contribution in [0.1, 0.15) is 6.92 Å². The van der Waals surface area contributed by atoms with E-state index in [1.165, 1.54) is 6.07 Å². The molecule has 1 aromatic rings. The molecule has 1 aliphatic heterocycles. The lowest BCUT2D eigenvalue weighted by molar-refractivity contribution is 0.199. The van der Waals surface area contributed by atoms with Crippen molar-refractivity contribution in [3.63, 3.8) is 0 Å². The Morgan fingerprint density at radius 1 is 1.53 bits per heavy atom. The van der Waals surface area contributed by atoms with Crippen LogP contribution in [0.5, 0.6) is 5.75 Å². The van der Waals surface area contributed by atoms with E-state index in [4.69, 9.17) is 10.5 Å². The molecule has 0 spiro atoms. The fourth-order valence-electron chi connectivity index (χ4n) is 1.80. The van der Waals surface area contributed by atoms with Gasteiger partial charge in [0.1, 0.15) is 23.4 Å². The van der Waals surface area contributed by atoms with Crippen LogP contribution in [0.25, 0.3) is 0 Å². The number of hydrogen-bond acceptors (Lipinski definition) is 3. The maximum absolute atomic E-state index is 13.6. The van der Waals surface area contributed by atoms with Crippen molar-refractivity contribution in [1.29, 1.82) is 0 Å². The third-order valence-corrected chi connectivity index (χ3v) is 2.73. The van der Waals surface area contributed by atoms with Gasteiger partial charge >= 0.3 is 0 Å². The SMILES string of the molecule is C[C@H]1Oc2cccc(F)c2N(C)C[C@@H]1N. The summed E-state index contributed by atoms with van der Waals surface area (Å²) in [6, 6.07) is 4.73. The normalized spacial score (nSPS) is 25.5. The monoisotopic (exact) mass is 210 g/mol. The van der Waals surface area contributed by atoms with Crippen LogP contribution in [0.4, 0.5) is 10.1 Å². The van der Waals surface area contributed by atoms with Gasteiger partial charge in [0.15, 0.2) is 0 Å². The number of nitrogens with zero attached hydrogens (tertiary/aromatic N) is 1. The van der Waals surface area contributed by atoms with Gasteiger partial charge < -0.3 is 15.4 Å². The topological polar surface area (TPSA) is 38.5 Å². The summed E-state index contributed by atoms with van der Waals surface area (Å²) >= 11 is 0. The maximum atomic E-state index is 13.6. The zero-order chi connectivity index (χ0) is 11.0. The van der Waals surface area contributed by atoms with E-state index in [1.54, 1.807) is 17.0 Å². The number of para-hydroxylation sites is 1. The molecule has 2 atom stereocenters. The maximum Gasteiger partial charge on any atom is 0.150 e. The summed E-state index contributed by atoms with van der Waals surface area (Å²) in [5, 5.41) is 0. The lowest BCUT2D eigenvalue weighted by atomic mass is 10.2. The van der Waals surface area contributed by atoms with Crippen LogP contribution in [0, 0.1) is 5.82 Å². The Hall–Kier alpha value is -1.29. The molecule has 1 aliphatic rings. The molecule has 0 radical (unpaired) electrons. The van der Waals surface area contributed by atoms with Gasteiger partial charge in [-0.05, 0) is 19.1 Å². The Bertz CT molecular complexity index is 370. The van der Waals surface area contributed by atoms with Crippen LogP contribution in [0.15, 0.2) is 18.2 Å². The van der Waals surface area contributed by atoms with Crippen molar-refractivity contribution < 1.29 is 9.13 Å². The molecular weight excluding hydrogens is 195 g/mol. The minimum atomic E-state index is -0.267. The lowest BCUT2D eigenvalue weighted by Crippen LogP contribution is -2.43. The number of ether oxygens (including phenoxy) is 1. The van der Waals surface area contributed by atoms with E-state index in [9.17, 15) is 4.39 Å². The fourth-order valence-corrected chi connectivity index (χ4v) is 1.80. The molecule has 1 aromatic carbocycles. The standard InChI is InChI=1S/C11H15FN2O/c1-7-9(13)6-14(2)11-8(12)4-3-5-10(11)15-7/h3-5,7,9H,6,13H2,1-2H3/t7-,9+/m1/s1. The molecule has 2 N–H and O–H groups in total. The molecule has 0 saturated carbocycles. The van der Waals surface area contributed by atoms with Crippen LogP contribution in [0.3, 0.4) is 0 Å². The van der Waals surface area contributed by atoms with Crippen molar-refractivity contribution in [2.75, 3.05) is 18.5 Å². The highest BCUT2D eigenvalue weighted by Crippen LogP contribution is 2.33. The number of halogens is 1. The zero-order valence-electron chi connectivity index (χ0n) is 8.90. The minimum Gasteiger partial charge on any atom is -0.487 e. The van der Waals surface area contributed by atoms with E-state index in [1.807, 2.05) is 14.0 Å². The van der Waals surface area contributed by atoms with Crippen molar-refractivity contribution in [2.45, 2.75) is 19.1 Å². The third-order valence-electron chi connectivity index (χ3n) is 2.73. The molecule has 4 heteroatoms. The zero-order valence-corrected chi connectivity index (χ0v) is 8.90. The molecule has 82 valence electrons. The van der Waals surface area contributed by atoms with Crippen molar-refractivity contribution >= 4 is 5.69 Å². The average molecular weight is 210 g/mol. The molecule has 0 fully saturated rings. The highest BCUT2D eigenvalue weighted by molar-refractivity contribution is 5.60. The van der Waals surface area contributed by atoms with Crippen LogP contribution in [-0.4, -0.2) is 25.7 Å². The molecule has 0 amide bonds. The lowest BCUT2D eigenvalue weighted by Gasteiger charge is -2.20. The fraction of sp³-hybridized carbons (Fsp3) is 0.455. The second-order valence-electron chi connectivity index (χ2n) is 3.95. The quantitative estimate of drug-likeness (QED) is 0.703. The Kier molecular flexibility index (Phi) is 2.52. The van der Waals surface area contributed by atoms with E-state index in [0.29, 0.717) is 18.0 Å². The number of hydrogen-bond donors (Lipinski definition) is 1. The number of benzene rings is 1. The summed E-state index contributed by atoms with van der Waals surface area (Å²) in [5.74, 6) is 0.300.